The number of nitrogens with one attached hydrogen (secondary N) is 1. The van der Waals surface area contributed by atoms with Crippen molar-refractivity contribution in [3.05, 3.63) is 58.9 Å². The number of nitriles is 1. The predicted octanol–water partition coefficient (Wildman–Crippen LogP) is 4.16. The SMILES string of the molecule is CN([C@H](c1ccc(Cl)cc1)C(F)(F)F)S(=N)(=O)c1cncc(C#N)c1. The van der Waals surface area contributed by atoms with Crippen LogP contribution >= 0.6 is 11.6 Å². The third kappa shape index (κ3) is 4.10. The molecule has 0 spiro atoms. The molecule has 1 unspecified atom stereocenters. The van der Waals surface area contributed by atoms with Crippen molar-refractivity contribution < 1.29 is 17.4 Å². The van der Waals surface area contributed by atoms with E-state index in [4.69, 9.17) is 21.6 Å². The minimum absolute atomic E-state index is 0.000858. The molecule has 1 heterocycles. The number of hydrogen-bond acceptors (Lipinski definition) is 4. The van der Waals surface area contributed by atoms with Crippen molar-refractivity contribution in [1.29, 1.82) is 10.0 Å². The molecule has 0 saturated carbocycles. The van der Waals surface area contributed by atoms with E-state index in [2.05, 4.69) is 4.98 Å². The molecule has 0 aliphatic rings. The highest BCUT2D eigenvalue weighted by Gasteiger charge is 2.46. The maximum Gasteiger partial charge on any atom is 0.409 e. The summed E-state index contributed by atoms with van der Waals surface area (Å²) in [5.74, 6) is 0. The van der Waals surface area contributed by atoms with E-state index in [1.165, 1.54) is 18.3 Å². The lowest BCUT2D eigenvalue weighted by Crippen LogP contribution is -2.39. The number of hydrogen-bond donors (Lipinski definition) is 1. The van der Waals surface area contributed by atoms with Crippen molar-refractivity contribution in [2.45, 2.75) is 17.1 Å². The van der Waals surface area contributed by atoms with Gasteiger partial charge in [0.2, 0.25) is 0 Å². The van der Waals surface area contributed by atoms with Gasteiger partial charge in [-0.15, -0.1) is 0 Å². The van der Waals surface area contributed by atoms with Crippen LogP contribution in [-0.4, -0.2) is 26.7 Å². The molecule has 10 heteroatoms. The summed E-state index contributed by atoms with van der Waals surface area (Å²) in [5.41, 5.74) is -0.204. The number of rotatable bonds is 4. The minimum Gasteiger partial charge on any atom is -0.262 e. The fraction of sp³-hybridized carbons (Fsp3) is 0.200. The Balaban J connectivity index is 2.53. The Bertz CT molecular complexity index is 908. The van der Waals surface area contributed by atoms with Gasteiger partial charge in [-0.2, -0.15) is 18.4 Å². The third-order valence-electron chi connectivity index (χ3n) is 3.43. The highest BCUT2D eigenvalue weighted by Crippen LogP contribution is 2.40. The van der Waals surface area contributed by atoms with Crippen LogP contribution in [0.5, 0.6) is 0 Å². The zero-order valence-corrected chi connectivity index (χ0v) is 14.4. The van der Waals surface area contributed by atoms with E-state index in [0.717, 1.165) is 31.4 Å². The first-order chi connectivity index (χ1) is 11.6. The zero-order valence-electron chi connectivity index (χ0n) is 12.8. The van der Waals surface area contributed by atoms with Crippen molar-refractivity contribution in [3.8, 4) is 6.07 Å². The third-order valence-corrected chi connectivity index (χ3v) is 5.56. The number of pyridine rings is 1. The highest BCUT2D eigenvalue weighted by molar-refractivity contribution is 7.90. The fourth-order valence-corrected chi connectivity index (χ4v) is 3.68. The Morgan fingerprint density at radius 2 is 1.92 bits per heavy atom. The molecule has 0 radical (unpaired) electrons. The van der Waals surface area contributed by atoms with E-state index in [-0.39, 0.29) is 21.0 Å². The molecule has 0 saturated heterocycles. The van der Waals surface area contributed by atoms with Crippen LogP contribution in [0.3, 0.4) is 0 Å². The average molecular weight is 389 g/mol. The second-order valence-corrected chi connectivity index (χ2v) is 7.62. The van der Waals surface area contributed by atoms with Crippen LogP contribution in [0.2, 0.25) is 5.02 Å². The molecule has 2 atom stereocenters. The number of nitrogens with zero attached hydrogens (tertiary/aromatic N) is 3. The van der Waals surface area contributed by atoms with Gasteiger partial charge in [-0.25, -0.2) is 13.3 Å². The van der Waals surface area contributed by atoms with E-state index in [9.17, 15) is 17.4 Å². The lowest BCUT2D eigenvalue weighted by atomic mass is 10.1. The summed E-state index contributed by atoms with van der Waals surface area (Å²) in [6, 6.07) is 5.45. The van der Waals surface area contributed by atoms with Gasteiger partial charge >= 0.3 is 6.18 Å². The van der Waals surface area contributed by atoms with Crippen molar-refractivity contribution in [3.63, 3.8) is 0 Å². The van der Waals surface area contributed by atoms with E-state index < -0.39 is 22.1 Å². The van der Waals surface area contributed by atoms with Gasteiger partial charge in [0.15, 0.2) is 0 Å². The molecular weight excluding hydrogens is 377 g/mol. The Labute approximate surface area is 147 Å². The van der Waals surface area contributed by atoms with Crippen LogP contribution in [0.1, 0.15) is 17.2 Å². The maximum atomic E-state index is 13.6. The van der Waals surface area contributed by atoms with Gasteiger partial charge in [0.1, 0.15) is 22.0 Å². The molecule has 0 bridgehead atoms. The Kier molecular flexibility index (Phi) is 5.37. The lowest BCUT2D eigenvalue weighted by molar-refractivity contribution is -0.170. The van der Waals surface area contributed by atoms with E-state index in [1.807, 2.05) is 0 Å². The van der Waals surface area contributed by atoms with Crippen LogP contribution in [0.4, 0.5) is 13.2 Å². The smallest absolute Gasteiger partial charge is 0.262 e. The number of aromatic nitrogens is 1. The summed E-state index contributed by atoms with van der Waals surface area (Å²) in [5, 5.41) is 9.11. The number of alkyl halides is 3. The molecule has 0 aliphatic carbocycles. The molecule has 0 fully saturated rings. The monoisotopic (exact) mass is 388 g/mol. The van der Waals surface area contributed by atoms with Crippen LogP contribution in [0.25, 0.3) is 0 Å². The van der Waals surface area contributed by atoms with Gasteiger partial charge in [0.25, 0.3) is 0 Å². The normalized spacial score (nSPS) is 15.4. The van der Waals surface area contributed by atoms with Crippen LogP contribution in [0.15, 0.2) is 47.6 Å². The molecule has 2 rings (SSSR count). The largest absolute Gasteiger partial charge is 0.409 e. The van der Waals surface area contributed by atoms with Gasteiger partial charge in [-0.3, -0.25) is 4.98 Å². The Morgan fingerprint density at radius 3 is 2.44 bits per heavy atom. The van der Waals surface area contributed by atoms with Crippen molar-refractivity contribution >= 4 is 21.5 Å². The molecule has 132 valence electrons. The summed E-state index contributed by atoms with van der Waals surface area (Å²) in [6.45, 7) is 0. The summed E-state index contributed by atoms with van der Waals surface area (Å²) in [4.78, 5) is 3.38. The molecule has 25 heavy (non-hydrogen) atoms. The van der Waals surface area contributed by atoms with Crippen molar-refractivity contribution in [1.82, 2.24) is 9.29 Å². The van der Waals surface area contributed by atoms with Crippen LogP contribution in [0, 0.1) is 16.1 Å². The van der Waals surface area contributed by atoms with E-state index in [0.29, 0.717) is 4.31 Å². The molecule has 5 nitrogen and oxygen atoms in total. The summed E-state index contributed by atoms with van der Waals surface area (Å²) in [7, 11) is -3.10. The van der Waals surface area contributed by atoms with Crippen molar-refractivity contribution in [2.24, 2.45) is 0 Å². The fourth-order valence-electron chi connectivity index (χ4n) is 2.20. The van der Waals surface area contributed by atoms with E-state index in [1.54, 1.807) is 6.07 Å². The number of halogens is 4. The second kappa shape index (κ2) is 7.00. The van der Waals surface area contributed by atoms with Gasteiger partial charge in [-0.1, -0.05) is 23.7 Å². The summed E-state index contributed by atoms with van der Waals surface area (Å²) in [6.07, 6.45) is -2.60. The summed E-state index contributed by atoms with van der Waals surface area (Å²) < 4.78 is 62.0. The lowest BCUT2D eigenvalue weighted by Gasteiger charge is -2.31. The number of benzene rings is 1. The second-order valence-electron chi connectivity index (χ2n) is 5.09. The van der Waals surface area contributed by atoms with Crippen LogP contribution < -0.4 is 0 Å². The highest BCUT2D eigenvalue weighted by atomic mass is 35.5. The molecule has 1 aromatic heterocycles. The van der Waals surface area contributed by atoms with Crippen molar-refractivity contribution in [2.75, 3.05) is 7.05 Å². The Morgan fingerprint density at radius 1 is 1.32 bits per heavy atom. The standard InChI is InChI=1S/C15H12ClF3N4OS/c1-23(25(21,24)13-6-10(7-20)8-22-9-13)14(15(17,18)19)11-2-4-12(16)5-3-11/h2-6,8-9,14,21H,1H3/t14-,25?/m1/s1. The Hall–Kier alpha value is -2.15. The van der Waals surface area contributed by atoms with Gasteiger partial charge in [0, 0.05) is 24.5 Å². The minimum atomic E-state index is -4.79. The van der Waals surface area contributed by atoms with E-state index >= 15 is 0 Å². The van der Waals surface area contributed by atoms with Gasteiger partial charge < -0.3 is 0 Å². The molecule has 1 N–H and O–H groups in total. The average Bonchev–Trinajstić information content (AvgIpc) is 2.55. The molecule has 0 aliphatic heterocycles. The summed E-state index contributed by atoms with van der Waals surface area (Å²) >= 11 is 5.70. The first-order valence-corrected chi connectivity index (χ1v) is 8.66. The molecule has 0 amide bonds. The first-order valence-electron chi connectivity index (χ1n) is 6.76. The molecular formula is C15H12ClF3N4OS. The zero-order chi connectivity index (χ0) is 18.8. The first kappa shape index (κ1) is 19.2. The maximum absolute atomic E-state index is 13.6. The molecule has 1 aromatic carbocycles. The van der Waals surface area contributed by atoms with Crippen LogP contribution in [-0.2, 0) is 9.92 Å². The predicted molar refractivity (Wildman–Crippen MR) is 86.1 cm³/mol. The topological polar surface area (TPSA) is 80.8 Å². The van der Waals surface area contributed by atoms with Gasteiger partial charge in [-0.05, 0) is 23.8 Å². The quantitative estimate of drug-likeness (QED) is 0.853. The van der Waals surface area contributed by atoms with Gasteiger partial charge in [0.05, 0.1) is 10.5 Å². The molecule has 2 aromatic rings.